The molecule has 5 rings (SSSR count). The molecule has 0 unspecified atom stereocenters. The van der Waals surface area contributed by atoms with Gasteiger partial charge in [-0.05, 0) is 50.1 Å². The number of carbonyl (C=O) groups is 1. The maximum Gasteiger partial charge on any atom is 0.263 e. The number of benzene rings is 2. The van der Waals surface area contributed by atoms with Gasteiger partial charge in [0.25, 0.3) is 21.7 Å². The molecule has 2 aliphatic rings. The number of aromatic nitrogens is 1. The molecule has 1 amide bonds. The lowest BCUT2D eigenvalue weighted by atomic mass is 10.2. The summed E-state index contributed by atoms with van der Waals surface area (Å²) in [7, 11) is -3.94. The number of anilines is 2. The first-order chi connectivity index (χ1) is 15.3. The van der Waals surface area contributed by atoms with Crippen LogP contribution >= 0.6 is 0 Å². The summed E-state index contributed by atoms with van der Waals surface area (Å²) < 4.78 is 44.5. The maximum absolute atomic E-state index is 12.8. The Bertz CT molecular complexity index is 1290. The van der Waals surface area contributed by atoms with Crippen LogP contribution in [0.25, 0.3) is 0 Å². The van der Waals surface area contributed by atoms with Crippen molar-refractivity contribution in [1.29, 1.82) is 0 Å². The zero-order valence-electron chi connectivity index (χ0n) is 17.3. The zero-order valence-corrected chi connectivity index (χ0v) is 18.1. The normalized spacial score (nSPS) is 16.3. The highest BCUT2D eigenvalue weighted by Crippen LogP contribution is 2.47. The monoisotopic (exact) mass is 455 g/mol. The van der Waals surface area contributed by atoms with Gasteiger partial charge in [-0.15, -0.1) is 0 Å². The van der Waals surface area contributed by atoms with E-state index in [1.165, 1.54) is 30.3 Å². The molecule has 1 spiro atoms. The molecule has 32 heavy (non-hydrogen) atoms. The number of nitrogens with one attached hydrogen (secondary N) is 2. The molecule has 0 saturated heterocycles. The van der Waals surface area contributed by atoms with E-state index in [1.807, 2.05) is 0 Å². The van der Waals surface area contributed by atoms with E-state index in [-0.39, 0.29) is 16.3 Å². The summed E-state index contributed by atoms with van der Waals surface area (Å²) in [5.41, 5.74) is 0.714. The second-order valence-electron chi connectivity index (χ2n) is 7.89. The fourth-order valence-electron chi connectivity index (χ4n) is 3.91. The highest BCUT2D eigenvalue weighted by molar-refractivity contribution is 7.92. The van der Waals surface area contributed by atoms with E-state index < -0.39 is 21.7 Å². The third kappa shape index (κ3) is 3.89. The van der Waals surface area contributed by atoms with Crippen LogP contribution in [0.1, 0.15) is 41.8 Å². The summed E-state index contributed by atoms with van der Waals surface area (Å²) in [6, 6.07) is 12.4. The van der Waals surface area contributed by atoms with Gasteiger partial charge in [-0.2, -0.15) is 0 Å². The Morgan fingerprint density at radius 2 is 1.81 bits per heavy atom. The summed E-state index contributed by atoms with van der Waals surface area (Å²) in [5, 5.41) is 6.41. The lowest BCUT2D eigenvalue weighted by Gasteiger charge is -2.21. The highest BCUT2D eigenvalue weighted by Gasteiger charge is 2.44. The first-order valence-electron chi connectivity index (χ1n) is 10.2. The van der Waals surface area contributed by atoms with E-state index in [0.717, 1.165) is 25.7 Å². The van der Waals surface area contributed by atoms with Crippen LogP contribution in [0.15, 0.2) is 57.9 Å². The van der Waals surface area contributed by atoms with Gasteiger partial charge in [-0.25, -0.2) is 8.42 Å². The third-order valence-corrected chi connectivity index (χ3v) is 6.78. The van der Waals surface area contributed by atoms with Gasteiger partial charge in [0.2, 0.25) is 0 Å². The number of carbonyl (C=O) groups excluding carboxylic acids is 1. The summed E-state index contributed by atoms with van der Waals surface area (Å²) in [4.78, 5) is 12.7. The molecule has 1 aromatic heterocycles. The van der Waals surface area contributed by atoms with Crippen molar-refractivity contribution in [3.8, 4) is 11.5 Å². The van der Waals surface area contributed by atoms with E-state index >= 15 is 0 Å². The van der Waals surface area contributed by atoms with E-state index in [1.54, 1.807) is 25.1 Å². The van der Waals surface area contributed by atoms with Gasteiger partial charge in [0, 0.05) is 36.2 Å². The van der Waals surface area contributed by atoms with Gasteiger partial charge in [0.1, 0.15) is 5.76 Å². The first kappa shape index (κ1) is 20.4. The minimum absolute atomic E-state index is 0.0674. The second-order valence-corrected chi connectivity index (χ2v) is 9.58. The van der Waals surface area contributed by atoms with Gasteiger partial charge >= 0.3 is 0 Å². The Labute approximate surface area is 184 Å². The predicted octanol–water partition coefficient (Wildman–Crippen LogP) is 4.08. The van der Waals surface area contributed by atoms with E-state index in [2.05, 4.69) is 15.2 Å². The molecule has 1 aliphatic carbocycles. The molecule has 1 fully saturated rings. The number of aryl methyl sites for hydroxylation is 1. The van der Waals surface area contributed by atoms with Crippen molar-refractivity contribution in [2.24, 2.45) is 0 Å². The van der Waals surface area contributed by atoms with Crippen LogP contribution in [0.4, 0.5) is 11.5 Å². The predicted molar refractivity (Wildman–Crippen MR) is 115 cm³/mol. The quantitative estimate of drug-likeness (QED) is 0.595. The van der Waals surface area contributed by atoms with Gasteiger partial charge in [0.05, 0.1) is 4.90 Å². The smallest absolute Gasteiger partial charge is 0.263 e. The Morgan fingerprint density at radius 3 is 2.56 bits per heavy atom. The number of hydrogen-bond acceptors (Lipinski definition) is 7. The Kier molecular flexibility index (Phi) is 4.81. The van der Waals surface area contributed by atoms with Crippen LogP contribution < -0.4 is 19.5 Å². The number of hydrogen-bond donors (Lipinski definition) is 2. The average molecular weight is 455 g/mol. The summed E-state index contributed by atoms with van der Waals surface area (Å²) in [6.45, 7) is 1.65. The van der Waals surface area contributed by atoms with Crippen molar-refractivity contribution >= 4 is 27.4 Å². The summed E-state index contributed by atoms with van der Waals surface area (Å²) in [6.07, 6.45) is 3.79. The Balaban J connectivity index is 1.32. The van der Waals surface area contributed by atoms with Crippen LogP contribution in [-0.4, -0.2) is 25.3 Å². The molecule has 2 aromatic carbocycles. The molecular formula is C22H21N3O6S. The van der Waals surface area contributed by atoms with Gasteiger partial charge < -0.3 is 19.3 Å². The number of sulfonamides is 1. The van der Waals surface area contributed by atoms with Crippen molar-refractivity contribution in [2.45, 2.75) is 43.3 Å². The molecule has 0 atom stereocenters. The van der Waals surface area contributed by atoms with Gasteiger partial charge in [-0.1, -0.05) is 11.2 Å². The van der Waals surface area contributed by atoms with Gasteiger partial charge in [-0.3, -0.25) is 9.52 Å². The molecule has 9 nitrogen and oxygen atoms in total. The van der Waals surface area contributed by atoms with Crippen molar-refractivity contribution in [1.82, 2.24) is 5.16 Å². The molecule has 3 aromatic rings. The standard InChI is InChI=1S/C22H21N3O6S/c1-14-11-20(24-31-14)25-32(27,28)17-6-4-5-15(12-17)21(26)23-16-7-8-18-19(13-16)30-22(29-18)9-2-3-10-22/h4-8,11-13H,2-3,9-10H2,1H3,(H,23,26)(H,24,25). The SMILES string of the molecule is Cc1cc(NS(=O)(=O)c2cccc(C(=O)Nc3ccc4c(c3)OC3(CCCC3)O4)c2)no1. The fraction of sp³-hybridized carbons (Fsp3) is 0.273. The molecule has 166 valence electrons. The molecule has 1 aliphatic heterocycles. The first-order valence-corrected chi connectivity index (χ1v) is 11.7. The van der Waals surface area contributed by atoms with E-state index in [9.17, 15) is 13.2 Å². The van der Waals surface area contributed by atoms with E-state index in [4.69, 9.17) is 14.0 Å². The summed E-state index contributed by atoms with van der Waals surface area (Å²) in [5.74, 6) is 0.758. The van der Waals surface area contributed by atoms with Crippen LogP contribution in [0, 0.1) is 6.92 Å². The largest absolute Gasteiger partial charge is 0.448 e. The van der Waals surface area contributed by atoms with Crippen LogP contribution in [-0.2, 0) is 10.0 Å². The lowest BCUT2D eigenvalue weighted by molar-refractivity contribution is -0.0716. The van der Waals surface area contributed by atoms with Crippen molar-refractivity contribution in [3.05, 3.63) is 59.9 Å². The number of nitrogens with zero attached hydrogens (tertiary/aromatic N) is 1. The van der Waals surface area contributed by atoms with Crippen molar-refractivity contribution in [3.63, 3.8) is 0 Å². The molecule has 1 saturated carbocycles. The lowest BCUT2D eigenvalue weighted by Crippen LogP contribution is -2.34. The minimum atomic E-state index is -3.94. The van der Waals surface area contributed by atoms with Crippen LogP contribution in [0.2, 0.25) is 0 Å². The maximum atomic E-state index is 12.8. The molecule has 2 heterocycles. The second kappa shape index (κ2) is 7.56. The molecular weight excluding hydrogens is 434 g/mol. The topological polar surface area (TPSA) is 120 Å². The Hall–Kier alpha value is -3.53. The van der Waals surface area contributed by atoms with Crippen LogP contribution in [0.3, 0.4) is 0 Å². The molecule has 0 radical (unpaired) electrons. The number of fused-ring (bicyclic) bond motifs is 1. The van der Waals surface area contributed by atoms with E-state index in [0.29, 0.717) is 22.9 Å². The molecule has 0 bridgehead atoms. The number of amides is 1. The number of rotatable bonds is 5. The number of ether oxygens (including phenoxy) is 2. The van der Waals surface area contributed by atoms with Crippen molar-refractivity contribution in [2.75, 3.05) is 10.0 Å². The van der Waals surface area contributed by atoms with Gasteiger partial charge in [0.15, 0.2) is 17.3 Å². The Morgan fingerprint density at radius 1 is 1.03 bits per heavy atom. The summed E-state index contributed by atoms with van der Waals surface area (Å²) >= 11 is 0. The third-order valence-electron chi connectivity index (χ3n) is 5.43. The fourth-order valence-corrected chi connectivity index (χ4v) is 4.94. The zero-order chi connectivity index (χ0) is 22.3. The molecule has 2 N–H and O–H groups in total. The highest BCUT2D eigenvalue weighted by atomic mass is 32.2. The average Bonchev–Trinajstić information content (AvgIpc) is 3.48. The van der Waals surface area contributed by atoms with Crippen molar-refractivity contribution < 1.29 is 27.2 Å². The minimum Gasteiger partial charge on any atom is -0.448 e. The van der Waals surface area contributed by atoms with Crippen LogP contribution in [0.5, 0.6) is 11.5 Å². The molecule has 10 heteroatoms.